The highest BCUT2D eigenvalue weighted by atomic mass is 32.2. The van der Waals surface area contributed by atoms with Crippen molar-refractivity contribution >= 4 is 9.84 Å². The average molecular weight is 212 g/mol. The van der Waals surface area contributed by atoms with Crippen LogP contribution in [0, 0.1) is 6.92 Å². The highest BCUT2D eigenvalue weighted by Crippen LogP contribution is 2.20. The third kappa shape index (κ3) is 1.96. The predicted octanol–water partition coefficient (Wildman–Crippen LogP) is 1.17. The maximum atomic E-state index is 11.8. The molecule has 4 heteroatoms. The van der Waals surface area contributed by atoms with Gasteiger partial charge in [0.2, 0.25) is 0 Å². The van der Waals surface area contributed by atoms with Gasteiger partial charge in [-0.05, 0) is 18.6 Å². The Morgan fingerprint density at radius 1 is 1.43 bits per heavy atom. The zero-order valence-corrected chi connectivity index (χ0v) is 8.75. The van der Waals surface area contributed by atoms with Gasteiger partial charge >= 0.3 is 0 Å². The van der Waals surface area contributed by atoms with Crippen LogP contribution in [-0.4, -0.2) is 26.9 Å². The number of ether oxygens (including phenoxy) is 1. The minimum atomic E-state index is -3.15. The first-order chi connectivity index (χ1) is 6.59. The van der Waals surface area contributed by atoms with Gasteiger partial charge in [-0.2, -0.15) is 0 Å². The Bertz CT molecular complexity index is 432. The van der Waals surface area contributed by atoms with E-state index in [4.69, 9.17) is 4.74 Å². The van der Waals surface area contributed by atoms with Crippen molar-refractivity contribution in [3.05, 3.63) is 29.8 Å². The molecule has 0 spiro atoms. The van der Waals surface area contributed by atoms with Crippen LogP contribution in [0.25, 0.3) is 0 Å². The van der Waals surface area contributed by atoms with Gasteiger partial charge in [-0.25, -0.2) is 8.42 Å². The molecule has 1 atom stereocenters. The summed E-state index contributed by atoms with van der Waals surface area (Å²) in [5.41, 5.74) is 0.799. The molecule has 2 rings (SSSR count). The Balaban J connectivity index is 2.33. The lowest BCUT2D eigenvalue weighted by Crippen LogP contribution is -2.12. The number of hydrogen-bond donors (Lipinski definition) is 0. The van der Waals surface area contributed by atoms with Crippen LogP contribution in [-0.2, 0) is 14.6 Å². The first-order valence-electron chi connectivity index (χ1n) is 4.49. The Labute approximate surface area is 83.6 Å². The van der Waals surface area contributed by atoms with Crippen LogP contribution in [0.2, 0.25) is 0 Å². The van der Waals surface area contributed by atoms with E-state index in [-0.39, 0.29) is 11.9 Å². The van der Waals surface area contributed by atoms with Gasteiger partial charge in [0.25, 0.3) is 0 Å². The number of aryl methyl sites for hydroxylation is 1. The van der Waals surface area contributed by atoms with Crippen LogP contribution in [0.1, 0.15) is 5.56 Å². The predicted molar refractivity (Wildman–Crippen MR) is 53.0 cm³/mol. The fraction of sp³-hybridized carbons (Fsp3) is 0.400. The smallest absolute Gasteiger partial charge is 0.181 e. The van der Waals surface area contributed by atoms with E-state index < -0.39 is 9.84 Å². The van der Waals surface area contributed by atoms with E-state index >= 15 is 0 Å². The highest BCUT2D eigenvalue weighted by Gasteiger charge is 2.30. The lowest BCUT2D eigenvalue weighted by atomic mass is 10.2. The van der Waals surface area contributed by atoms with Crippen molar-refractivity contribution in [2.45, 2.75) is 17.9 Å². The fourth-order valence-corrected chi connectivity index (χ4v) is 3.11. The minimum Gasteiger partial charge on any atom is -0.372 e. The van der Waals surface area contributed by atoms with Crippen molar-refractivity contribution in [2.24, 2.45) is 0 Å². The van der Waals surface area contributed by atoms with Crippen molar-refractivity contribution in [3.8, 4) is 0 Å². The molecule has 0 amide bonds. The van der Waals surface area contributed by atoms with Crippen molar-refractivity contribution in [3.63, 3.8) is 0 Å². The van der Waals surface area contributed by atoms with Crippen LogP contribution in [0.4, 0.5) is 0 Å². The summed E-state index contributed by atoms with van der Waals surface area (Å²) in [7, 11) is -3.15. The number of rotatable bonds is 3. The number of sulfone groups is 1. The van der Waals surface area contributed by atoms with Gasteiger partial charge in [-0.15, -0.1) is 0 Å². The summed E-state index contributed by atoms with van der Waals surface area (Å²) in [6.45, 7) is 2.38. The van der Waals surface area contributed by atoms with Gasteiger partial charge in [0, 0.05) is 0 Å². The topological polar surface area (TPSA) is 46.7 Å². The maximum absolute atomic E-state index is 11.8. The summed E-state index contributed by atoms with van der Waals surface area (Å²) in [5, 5.41) is 0. The first kappa shape index (κ1) is 9.68. The molecule has 0 saturated carbocycles. The van der Waals surface area contributed by atoms with E-state index in [0.717, 1.165) is 5.56 Å². The minimum absolute atomic E-state index is 0.0837. The fourth-order valence-electron chi connectivity index (χ4n) is 1.40. The molecular formula is C10H12O3S. The van der Waals surface area contributed by atoms with Gasteiger partial charge in [-0.3, -0.25) is 0 Å². The number of benzene rings is 1. The SMILES string of the molecule is Cc1ccccc1S(=O)(=O)C[C@@H]1CO1. The molecule has 14 heavy (non-hydrogen) atoms. The molecule has 1 aliphatic heterocycles. The van der Waals surface area contributed by atoms with E-state index in [0.29, 0.717) is 11.5 Å². The molecule has 0 N–H and O–H groups in total. The summed E-state index contributed by atoms with van der Waals surface area (Å²) in [4.78, 5) is 0.426. The molecule has 0 aromatic heterocycles. The first-order valence-corrected chi connectivity index (χ1v) is 6.15. The second kappa shape index (κ2) is 3.37. The van der Waals surface area contributed by atoms with E-state index in [9.17, 15) is 8.42 Å². The zero-order chi connectivity index (χ0) is 10.2. The molecular weight excluding hydrogens is 200 g/mol. The summed E-state index contributed by atoms with van der Waals surface area (Å²) in [5.74, 6) is 0.109. The lowest BCUT2D eigenvalue weighted by molar-refractivity contribution is 0.422. The molecule has 1 heterocycles. The largest absolute Gasteiger partial charge is 0.372 e. The summed E-state index contributed by atoms with van der Waals surface area (Å²) >= 11 is 0. The van der Waals surface area contributed by atoms with Gasteiger partial charge in [-0.1, -0.05) is 18.2 Å². The van der Waals surface area contributed by atoms with E-state index in [1.54, 1.807) is 25.1 Å². The molecule has 1 aromatic rings. The molecule has 76 valence electrons. The van der Waals surface area contributed by atoms with Crippen molar-refractivity contribution in [2.75, 3.05) is 12.4 Å². The molecule has 1 aliphatic rings. The maximum Gasteiger partial charge on any atom is 0.181 e. The van der Waals surface area contributed by atoms with Crippen LogP contribution < -0.4 is 0 Å². The van der Waals surface area contributed by atoms with Crippen molar-refractivity contribution in [1.82, 2.24) is 0 Å². The molecule has 1 fully saturated rings. The Morgan fingerprint density at radius 2 is 2.07 bits per heavy atom. The average Bonchev–Trinajstić information content (AvgIpc) is 2.88. The Hall–Kier alpha value is -0.870. The van der Waals surface area contributed by atoms with Crippen LogP contribution >= 0.6 is 0 Å². The highest BCUT2D eigenvalue weighted by molar-refractivity contribution is 7.91. The van der Waals surface area contributed by atoms with Gasteiger partial charge in [0.1, 0.15) is 0 Å². The standard InChI is InChI=1S/C10H12O3S/c1-8-4-2-3-5-10(8)14(11,12)7-9-6-13-9/h2-5,9H,6-7H2,1H3/t9-/m0/s1. The molecule has 1 aromatic carbocycles. The monoisotopic (exact) mass is 212 g/mol. The third-order valence-electron chi connectivity index (χ3n) is 2.24. The second-order valence-electron chi connectivity index (χ2n) is 3.50. The van der Waals surface area contributed by atoms with Crippen molar-refractivity contribution < 1.29 is 13.2 Å². The quantitative estimate of drug-likeness (QED) is 0.706. The third-order valence-corrected chi connectivity index (χ3v) is 4.18. The van der Waals surface area contributed by atoms with Crippen LogP contribution in [0.15, 0.2) is 29.2 Å². The van der Waals surface area contributed by atoms with E-state index in [2.05, 4.69) is 0 Å². The summed E-state index contributed by atoms with van der Waals surface area (Å²) in [6, 6.07) is 7.03. The molecule has 0 aliphatic carbocycles. The second-order valence-corrected chi connectivity index (χ2v) is 5.50. The van der Waals surface area contributed by atoms with Gasteiger partial charge in [0.15, 0.2) is 9.84 Å². The van der Waals surface area contributed by atoms with Gasteiger partial charge in [0.05, 0.1) is 23.4 Å². The Kier molecular flexibility index (Phi) is 2.33. The normalized spacial score (nSPS) is 20.8. The number of hydrogen-bond acceptors (Lipinski definition) is 3. The van der Waals surface area contributed by atoms with E-state index in [1.165, 1.54) is 0 Å². The summed E-state index contributed by atoms with van der Waals surface area (Å²) in [6.07, 6.45) is -0.0837. The molecule has 1 saturated heterocycles. The number of epoxide rings is 1. The molecule has 0 bridgehead atoms. The van der Waals surface area contributed by atoms with Crippen LogP contribution in [0.3, 0.4) is 0 Å². The molecule has 0 radical (unpaired) electrons. The van der Waals surface area contributed by atoms with Crippen LogP contribution in [0.5, 0.6) is 0 Å². The zero-order valence-electron chi connectivity index (χ0n) is 7.93. The summed E-state index contributed by atoms with van der Waals surface area (Å²) < 4.78 is 28.6. The Morgan fingerprint density at radius 3 is 2.64 bits per heavy atom. The molecule has 0 unspecified atom stereocenters. The lowest BCUT2D eigenvalue weighted by Gasteiger charge is -2.05. The van der Waals surface area contributed by atoms with E-state index in [1.807, 2.05) is 6.07 Å². The molecule has 3 nitrogen and oxygen atoms in total. The van der Waals surface area contributed by atoms with Crippen molar-refractivity contribution in [1.29, 1.82) is 0 Å². The van der Waals surface area contributed by atoms with Gasteiger partial charge < -0.3 is 4.74 Å².